The molecule has 0 amide bonds. The van der Waals surface area contributed by atoms with Crippen LogP contribution in [0.4, 0.5) is 0 Å². The van der Waals surface area contributed by atoms with E-state index in [0.717, 1.165) is 11.8 Å². The highest BCUT2D eigenvalue weighted by Gasteiger charge is 2.40. The van der Waals surface area contributed by atoms with Gasteiger partial charge in [-0.05, 0) is 23.7 Å². The molecule has 0 aliphatic carbocycles. The first-order valence-electron chi connectivity index (χ1n) is 5.81. The minimum atomic E-state index is 0.634. The van der Waals surface area contributed by atoms with Gasteiger partial charge in [-0.15, -0.1) is 0 Å². The van der Waals surface area contributed by atoms with Crippen molar-refractivity contribution in [3.05, 3.63) is 0 Å². The summed E-state index contributed by atoms with van der Waals surface area (Å²) >= 11 is 0. The van der Waals surface area contributed by atoms with E-state index < -0.39 is 0 Å². The molecule has 1 rings (SSSR count). The molecule has 1 aliphatic rings. The van der Waals surface area contributed by atoms with Crippen LogP contribution in [0.5, 0.6) is 0 Å². The Kier molecular flexibility index (Phi) is 3.78. The van der Waals surface area contributed by atoms with Gasteiger partial charge in [-0.3, -0.25) is 0 Å². The maximum Gasteiger partial charge on any atom is 0.00228 e. The zero-order valence-corrected chi connectivity index (χ0v) is 9.69. The van der Waals surface area contributed by atoms with Crippen molar-refractivity contribution in [3.8, 4) is 0 Å². The summed E-state index contributed by atoms with van der Waals surface area (Å²) in [5, 5.41) is 3.43. The van der Waals surface area contributed by atoms with Crippen molar-refractivity contribution in [1.29, 1.82) is 0 Å². The first-order chi connectivity index (χ1) is 6.10. The van der Waals surface area contributed by atoms with Crippen LogP contribution in [0.3, 0.4) is 0 Å². The second kappa shape index (κ2) is 4.45. The van der Waals surface area contributed by atoms with Gasteiger partial charge in [0.05, 0.1) is 0 Å². The summed E-state index contributed by atoms with van der Waals surface area (Å²) in [6, 6.07) is 0. The lowest BCUT2D eigenvalue weighted by Gasteiger charge is -2.48. The SMILES string of the molecule is CCCC(C)CC1(C(C)C)CNC1. The van der Waals surface area contributed by atoms with Gasteiger partial charge in [0.2, 0.25) is 0 Å². The summed E-state index contributed by atoms with van der Waals surface area (Å²) in [5.41, 5.74) is 0.634. The minimum absolute atomic E-state index is 0.634. The smallest absolute Gasteiger partial charge is 0.00228 e. The fraction of sp³-hybridized carbons (Fsp3) is 1.00. The van der Waals surface area contributed by atoms with Crippen molar-refractivity contribution in [1.82, 2.24) is 5.32 Å². The largest absolute Gasteiger partial charge is 0.316 e. The summed E-state index contributed by atoms with van der Waals surface area (Å²) < 4.78 is 0. The Morgan fingerprint density at radius 3 is 2.15 bits per heavy atom. The van der Waals surface area contributed by atoms with Gasteiger partial charge in [-0.1, -0.05) is 40.5 Å². The number of rotatable bonds is 5. The maximum atomic E-state index is 3.43. The summed E-state index contributed by atoms with van der Waals surface area (Å²) in [6.45, 7) is 11.9. The van der Waals surface area contributed by atoms with E-state index in [1.807, 2.05) is 0 Å². The van der Waals surface area contributed by atoms with Crippen molar-refractivity contribution >= 4 is 0 Å². The molecule has 1 unspecified atom stereocenters. The molecule has 1 heterocycles. The summed E-state index contributed by atoms with van der Waals surface area (Å²) in [6.07, 6.45) is 4.16. The standard InChI is InChI=1S/C12H25N/c1-5-6-11(4)7-12(10(2)3)8-13-9-12/h10-11,13H,5-9H2,1-4H3. The van der Waals surface area contributed by atoms with Crippen LogP contribution in [0.15, 0.2) is 0 Å². The van der Waals surface area contributed by atoms with Crippen molar-refractivity contribution in [2.45, 2.75) is 47.0 Å². The fourth-order valence-electron chi connectivity index (χ4n) is 2.52. The predicted molar refractivity (Wildman–Crippen MR) is 58.8 cm³/mol. The van der Waals surface area contributed by atoms with Gasteiger partial charge >= 0.3 is 0 Å². The van der Waals surface area contributed by atoms with Gasteiger partial charge in [0, 0.05) is 13.1 Å². The van der Waals surface area contributed by atoms with Gasteiger partial charge in [0.15, 0.2) is 0 Å². The molecule has 1 aliphatic heterocycles. The lowest BCUT2D eigenvalue weighted by Crippen LogP contribution is -2.57. The molecule has 1 N–H and O–H groups in total. The van der Waals surface area contributed by atoms with Crippen molar-refractivity contribution in [3.63, 3.8) is 0 Å². The number of hydrogen-bond donors (Lipinski definition) is 1. The summed E-state index contributed by atoms with van der Waals surface area (Å²) in [7, 11) is 0. The topological polar surface area (TPSA) is 12.0 Å². The quantitative estimate of drug-likeness (QED) is 0.691. The highest BCUT2D eigenvalue weighted by Crippen LogP contribution is 2.39. The molecular formula is C12H25N. The van der Waals surface area contributed by atoms with E-state index in [4.69, 9.17) is 0 Å². The molecule has 1 fully saturated rings. The number of hydrogen-bond acceptors (Lipinski definition) is 1. The molecule has 13 heavy (non-hydrogen) atoms. The molecule has 0 aromatic heterocycles. The molecule has 78 valence electrons. The lowest BCUT2D eigenvalue weighted by atomic mass is 9.67. The predicted octanol–water partition coefficient (Wildman–Crippen LogP) is 3.06. The second-order valence-corrected chi connectivity index (χ2v) is 5.22. The molecule has 1 atom stereocenters. The highest BCUT2D eigenvalue weighted by atomic mass is 15.0. The Hall–Kier alpha value is -0.0400. The molecular weight excluding hydrogens is 158 g/mol. The van der Waals surface area contributed by atoms with E-state index in [2.05, 4.69) is 33.0 Å². The third-order valence-corrected chi connectivity index (χ3v) is 3.72. The van der Waals surface area contributed by atoms with Crippen LogP contribution in [-0.4, -0.2) is 13.1 Å². The van der Waals surface area contributed by atoms with Gasteiger partial charge in [0.1, 0.15) is 0 Å². The van der Waals surface area contributed by atoms with Crippen LogP contribution in [-0.2, 0) is 0 Å². The average Bonchev–Trinajstić information content (AvgIpc) is 1.96. The fourth-order valence-corrected chi connectivity index (χ4v) is 2.52. The second-order valence-electron chi connectivity index (χ2n) is 5.22. The van der Waals surface area contributed by atoms with Crippen molar-refractivity contribution in [2.24, 2.45) is 17.3 Å². The molecule has 1 nitrogen and oxygen atoms in total. The van der Waals surface area contributed by atoms with Crippen LogP contribution in [0.1, 0.15) is 47.0 Å². The van der Waals surface area contributed by atoms with Gasteiger partial charge in [-0.25, -0.2) is 0 Å². The van der Waals surface area contributed by atoms with E-state index >= 15 is 0 Å². The first kappa shape index (κ1) is 11.0. The van der Waals surface area contributed by atoms with E-state index in [9.17, 15) is 0 Å². The molecule has 0 spiro atoms. The molecule has 0 bridgehead atoms. The zero-order chi connectivity index (χ0) is 9.90. The Morgan fingerprint density at radius 1 is 1.23 bits per heavy atom. The minimum Gasteiger partial charge on any atom is -0.316 e. The van der Waals surface area contributed by atoms with E-state index in [1.54, 1.807) is 0 Å². The van der Waals surface area contributed by atoms with Gasteiger partial charge in [-0.2, -0.15) is 0 Å². The molecule has 1 saturated heterocycles. The van der Waals surface area contributed by atoms with E-state index in [-0.39, 0.29) is 0 Å². The van der Waals surface area contributed by atoms with Crippen LogP contribution >= 0.6 is 0 Å². The zero-order valence-electron chi connectivity index (χ0n) is 9.69. The summed E-state index contributed by atoms with van der Waals surface area (Å²) in [5.74, 6) is 1.75. The maximum absolute atomic E-state index is 3.43. The normalized spacial score (nSPS) is 22.8. The van der Waals surface area contributed by atoms with Crippen LogP contribution in [0.2, 0.25) is 0 Å². The van der Waals surface area contributed by atoms with Crippen LogP contribution in [0, 0.1) is 17.3 Å². The summed E-state index contributed by atoms with van der Waals surface area (Å²) in [4.78, 5) is 0. The van der Waals surface area contributed by atoms with E-state index in [1.165, 1.54) is 32.4 Å². The van der Waals surface area contributed by atoms with Crippen LogP contribution < -0.4 is 5.32 Å². The van der Waals surface area contributed by atoms with Crippen LogP contribution in [0.25, 0.3) is 0 Å². The molecule has 0 aromatic carbocycles. The first-order valence-corrected chi connectivity index (χ1v) is 5.81. The Balaban J connectivity index is 2.39. The molecule has 0 aromatic rings. The van der Waals surface area contributed by atoms with E-state index in [0.29, 0.717) is 5.41 Å². The third kappa shape index (κ3) is 2.46. The lowest BCUT2D eigenvalue weighted by molar-refractivity contribution is 0.0661. The molecule has 0 radical (unpaired) electrons. The Labute approximate surface area is 83.3 Å². The monoisotopic (exact) mass is 183 g/mol. The Morgan fingerprint density at radius 2 is 1.85 bits per heavy atom. The molecule has 1 heteroatoms. The van der Waals surface area contributed by atoms with Crippen molar-refractivity contribution < 1.29 is 0 Å². The molecule has 0 saturated carbocycles. The van der Waals surface area contributed by atoms with Gasteiger partial charge < -0.3 is 5.32 Å². The van der Waals surface area contributed by atoms with Gasteiger partial charge in [0.25, 0.3) is 0 Å². The van der Waals surface area contributed by atoms with Crippen molar-refractivity contribution in [2.75, 3.05) is 13.1 Å². The number of nitrogens with one attached hydrogen (secondary N) is 1. The Bertz CT molecular complexity index is 147. The third-order valence-electron chi connectivity index (χ3n) is 3.72. The average molecular weight is 183 g/mol. The highest BCUT2D eigenvalue weighted by molar-refractivity contribution is 4.95.